The van der Waals surface area contributed by atoms with E-state index in [1.54, 1.807) is 16.2 Å². The number of carbonyl (C=O) groups is 2. The largest absolute Gasteiger partial charge is 0.330 e. The molecule has 2 heterocycles. The van der Waals surface area contributed by atoms with Gasteiger partial charge in [-0.1, -0.05) is 60.1 Å². The van der Waals surface area contributed by atoms with Crippen molar-refractivity contribution in [2.45, 2.75) is 32.4 Å². The molecule has 0 aliphatic carbocycles. The van der Waals surface area contributed by atoms with Crippen LogP contribution in [0.1, 0.15) is 46.3 Å². The third kappa shape index (κ3) is 4.58. The van der Waals surface area contributed by atoms with Gasteiger partial charge in [0.15, 0.2) is 0 Å². The maximum Gasteiger partial charge on any atom is 0.255 e. The summed E-state index contributed by atoms with van der Waals surface area (Å²) in [5, 5.41) is 4.67. The molecular formula is C29H27ClN2O2S. The lowest BCUT2D eigenvalue weighted by molar-refractivity contribution is -0.134. The van der Waals surface area contributed by atoms with Gasteiger partial charge in [-0.05, 0) is 71.8 Å². The molecule has 0 bridgehead atoms. The minimum absolute atomic E-state index is 0.0310. The van der Waals surface area contributed by atoms with Crippen LogP contribution in [0.25, 0.3) is 10.8 Å². The molecule has 0 spiro atoms. The molecule has 1 atom stereocenters. The van der Waals surface area contributed by atoms with E-state index in [-0.39, 0.29) is 30.4 Å². The molecule has 0 fully saturated rings. The van der Waals surface area contributed by atoms with E-state index in [1.807, 2.05) is 85.5 Å². The van der Waals surface area contributed by atoms with Crippen molar-refractivity contribution in [3.8, 4) is 0 Å². The van der Waals surface area contributed by atoms with Gasteiger partial charge in [-0.2, -0.15) is 0 Å². The molecule has 2 amide bonds. The summed E-state index contributed by atoms with van der Waals surface area (Å²) in [4.78, 5) is 32.4. The second-order valence-electron chi connectivity index (χ2n) is 9.14. The topological polar surface area (TPSA) is 40.6 Å². The fraction of sp³-hybridized carbons (Fsp3) is 0.241. The van der Waals surface area contributed by atoms with Crippen molar-refractivity contribution in [1.29, 1.82) is 0 Å². The Bertz CT molecular complexity index is 1370. The van der Waals surface area contributed by atoms with Crippen molar-refractivity contribution in [1.82, 2.24) is 9.80 Å². The van der Waals surface area contributed by atoms with Crippen molar-refractivity contribution in [3.63, 3.8) is 0 Å². The van der Waals surface area contributed by atoms with Gasteiger partial charge in [0.1, 0.15) is 6.54 Å². The van der Waals surface area contributed by atoms with Crippen molar-refractivity contribution < 1.29 is 9.59 Å². The van der Waals surface area contributed by atoms with Crippen LogP contribution >= 0.6 is 22.9 Å². The first-order valence-electron chi connectivity index (χ1n) is 11.8. The summed E-state index contributed by atoms with van der Waals surface area (Å²) >= 11 is 7.88. The maximum atomic E-state index is 13.8. The summed E-state index contributed by atoms with van der Waals surface area (Å²) in [6, 6.07) is 23.1. The van der Waals surface area contributed by atoms with Gasteiger partial charge in [0.05, 0.1) is 6.04 Å². The Hall–Kier alpha value is -3.15. The number of hydrogen-bond donors (Lipinski definition) is 0. The quantitative estimate of drug-likeness (QED) is 0.309. The van der Waals surface area contributed by atoms with Crippen LogP contribution in [0.2, 0.25) is 5.02 Å². The highest BCUT2D eigenvalue weighted by molar-refractivity contribution is 7.10. The van der Waals surface area contributed by atoms with E-state index >= 15 is 0 Å². The molecule has 5 rings (SSSR count). The van der Waals surface area contributed by atoms with Gasteiger partial charge in [-0.3, -0.25) is 9.59 Å². The molecule has 4 aromatic rings. The van der Waals surface area contributed by atoms with Gasteiger partial charge in [-0.15, -0.1) is 11.3 Å². The highest BCUT2D eigenvalue weighted by atomic mass is 35.5. The van der Waals surface area contributed by atoms with Crippen LogP contribution in [0.5, 0.6) is 0 Å². The Balaban J connectivity index is 1.46. The number of carbonyl (C=O) groups excluding carboxylic acids is 2. The van der Waals surface area contributed by atoms with Crippen molar-refractivity contribution >= 4 is 45.5 Å². The molecule has 35 heavy (non-hydrogen) atoms. The van der Waals surface area contributed by atoms with E-state index in [0.717, 1.165) is 28.3 Å². The minimum atomic E-state index is -0.184. The molecule has 1 aromatic heterocycles. The van der Waals surface area contributed by atoms with Gasteiger partial charge >= 0.3 is 0 Å². The van der Waals surface area contributed by atoms with Crippen LogP contribution in [0.15, 0.2) is 78.2 Å². The Morgan fingerprint density at radius 1 is 1.03 bits per heavy atom. The van der Waals surface area contributed by atoms with Gasteiger partial charge in [0, 0.05) is 28.0 Å². The van der Waals surface area contributed by atoms with Crippen molar-refractivity contribution in [3.05, 3.63) is 105 Å². The zero-order chi connectivity index (χ0) is 24.5. The van der Waals surface area contributed by atoms with E-state index in [1.165, 1.54) is 4.88 Å². The Labute approximate surface area is 214 Å². The van der Waals surface area contributed by atoms with Crippen LogP contribution in [0.4, 0.5) is 0 Å². The lowest BCUT2D eigenvalue weighted by Gasteiger charge is -2.38. The molecule has 178 valence electrons. The molecule has 4 nitrogen and oxygen atoms in total. The minimum Gasteiger partial charge on any atom is -0.330 e. The summed E-state index contributed by atoms with van der Waals surface area (Å²) < 4.78 is 0. The number of halogens is 1. The number of benzene rings is 3. The molecule has 1 aliphatic heterocycles. The molecular weight excluding hydrogens is 476 g/mol. The number of rotatable bonds is 5. The predicted molar refractivity (Wildman–Crippen MR) is 143 cm³/mol. The highest BCUT2D eigenvalue weighted by Gasteiger charge is 2.34. The summed E-state index contributed by atoms with van der Waals surface area (Å²) in [7, 11) is 0. The molecule has 0 N–H and O–H groups in total. The Morgan fingerprint density at radius 3 is 2.54 bits per heavy atom. The van der Waals surface area contributed by atoms with Crippen molar-refractivity contribution in [2.75, 3.05) is 13.1 Å². The second-order valence-corrected chi connectivity index (χ2v) is 10.6. The molecule has 6 heteroatoms. The number of thiophene rings is 1. The third-order valence-electron chi connectivity index (χ3n) is 6.68. The maximum absolute atomic E-state index is 13.8. The number of nitrogens with zero attached hydrogens (tertiary/aromatic N) is 2. The Morgan fingerprint density at radius 2 is 1.77 bits per heavy atom. The van der Waals surface area contributed by atoms with Crippen LogP contribution in [0.3, 0.4) is 0 Å². The fourth-order valence-electron chi connectivity index (χ4n) is 4.88. The van der Waals surface area contributed by atoms with Gasteiger partial charge in [0.2, 0.25) is 5.91 Å². The lowest BCUT2D eigenvalue weighted by Crippen LogP contribution is -2.48. The molecule has 0 unspecified atom stereocenters. The van der Waals surface area contributed by atoms with E-state index in [0.29, 0.717) is 17.1 Å². The lowest BCUT2D eigenvalue weighted by atomic mass is 9.93. The molecule has 0 radical (unpaired) electrons. The van der Waals surface area contributed by atoms with Crippen LogP contribution in [-0.4, -0.2) is 40.7 Å². The number of amides is 2. The average molecular weight is 503 g/mol. The van der Waals surface area contributed by atoms with E-state index in [4.69, 9.17) is 11.6 Å². The average Bonchev–Trinajstić information content (AvgIpc) is 3.35. The highest BCUT2D eigenvalue weighted by Crippen LogP contribution is 2.38. The summed E-state index contributed by atoms with van der Waals surface area (Å²) in [6.07, 6.45) is 0.821. The fourth-order valence-corrected chi connectivity index (χ4v) is 5.91. The predicted octanol–water partition coefficient (Wildman–Crippen LogP) is 6.58. The molecule has 3 aromatic carbocycles. The van der Waals surface area contributed by atoms with Crippen LogP contribution in [0, 0.1) is 0 Å². The van der Waals surface area contributed by atoms with Crippen LogP contribution in [-0.2, 0) is 11.2 Å². The SMILES string of the molecule is CC(C)N(CC(=O)N1CCc2sccc2[C@H]1c1ccc(Cl)cc1)C(=O)c1cccc2ccccc12. The van der Waals surface area contributed by atoms with Gasteiger partial charge in [-0.25, -0.2) is 0 Å². The first-order valence-corrected chi connectivity index (χ1v) is 13.1. The smallest absolute Gasteiger partial charge is 0.255 e. The van der Waals surface area contributed by atoms with E-state index in [2.05, 4.69) is 11.4 Å². The third-order valence-corrected chi connectivity index (χ3v) is 7.93. The molecule has 0 saturated carbocycles. The first-order chi connectivity index (χ1) is 16.9. The Kier molecular flexibility index (Phi) is 6.63. The van der Waals surface area contributed by atoms with Crippen molar-refractivity contribution in [2.24, 2.45) is 0 Å². The van der Waals surface area contributed by atoms with E-state index in [9.17, 15) is 9.59 Å². The zero-order valence-electron chi connectivity index (χ0n) is 19.8. The molecule has 1 aliphatic rings. The van der Waals surface area contributed by atoms with Crippen LogP contribution < -0.4 is 0 Å². The first kappa shape index (κ1) is 23.6. The van der Waals surface area contributed by atoms with E-state index < -0.39 is 0 Å². The summed E-state index contributed by atoms with van der Waals surface area (Å²) in [6.45, 7) is 4.57. The second kappa shape index (κ2) is 9.84. The van der Waals surface area contributed by atoms with Gasteiger partial charge < -0.3 is 9.80 Å². The zero-order valence-corrected chi connectivity index (χ0v) is 21.4. The summed E-state index contributed by atoms with van der Waals surface area (Å²) in [5.74, 6) is -0.175. The monoisotopic (exact) mass is 502 g/mol. The summed E-state index contributed by atoms with van der Waals surface area (Å²) in [5.41, 5.74) is 2.81. The molecule has 0 saturated heterocycles. The normalized spacial score (nSPS) is 15.3. The standard InChI is InChI=1S/C29H27ClN2O2S/c1-19(2)32(29(34)24-9-5-7-20-6-3-4-8-23(20)24)18-27(33)31-16-14-26-25(15-17-35-26)28(31)21-10-12-22(30)13-11-21/h3-13,15,17,19,28H,14,16,18H2,1-2H3/t28-/m1/s1. The van der Waals surface area contributed by atoms with Gasteiger partial charge in [0.25, 0.3) is 5.91 Å². The number of fused-ring (bicyclic) bond motifs is 2. The number of hydrogen-bond acceptors (Lipinski definition) is 3.